The topological polar surface area (TPSA) is 116 Å². The molecule has 0 saturated carbocycles. The molecule has 1 heterocycles. The number of carbonyl (C=O) groups excluding carboxylic acids is 2. The zero-order valence-corrected chi connectivity index (χ0v) is 10.7. The number of nitrogens with one attached hydrogen (secondary N) is 1. The van der Waals surface area contributed by atoms with Crippen molar-refractivity contribution in [3.05, 3.63) is 53.9 Å². The normalized spacial score (nSPS) is 11.8. The molecule has 2 amide bonds. The lowest BCUT2D eigenvalue weighted by atomic mass is 9.98. The predicted molar refractivity (Wildman–Crippen MR) is 72.3 cm³/mol. The maximum absolute atomic E-state index is 11.9. The van der Waals surface area contributed by atoms with Crippen LogP contribution in [0.1, 0.15) is 22.0 Å². The number of hydrazine groups is 1. The van der Waals surface area contributed by atoms with E-state index in [0.717, 1.165) is 5.56 Å². The van der Waals surface area contributed by atoms with Gasteiger partial charge in [0.05, 0.1) is 12.5 Å². The van der Waals surface area contributed by atoms with Gasteiger partial charge < -0.3 is 5.73 Å². The van der Waals surface area contributed by atoms with E-state index in [-0.39, 0.29) is 18.1 Å². The van der Waals surface area contributed by atoms with Gasteiger partial charge in [-0.05, 0) is 11.6 Å². The minimum absolute atomic E-state index is 0.157. The third kappa shape index (κ3) is 3.01. The smallest absolute Gasteiger partial charge is 0.269 e. The maximum atomic E-state index is 11.9. The number of primary amides is 1. The van der Waals surface area contributed by atoms with Crippen LogP contribution in [0.2, 0.25) is 0 Å². The minimum Gasteiger partial charge on any atom is -0.364 e. The summed E-state index contributed by atoms with van der Waals surface area (Å²) >= 11 is 0. The fourth-order valence-electron chi connectivity index (χ4n) is 1.91. The first kappa shape index (κ1) is 13.8. The van der Waals surface area contributed by atoms with Crippen molar-refractivity contribution in [1.29, 1.82) is 0 Å². The first-order valence-corrected chi connectivity index (χ1v) is 6.00. The van der Waals surface area contributed by atoms with E-state index in [2.05, 4.69) is 10.5 Å². The van der Waals surface area contributed by atoms with E-state index in [1.165, 1.54) is 10.7 Å². The van der Waals surface area contributed by atoms with Crippen LogP contribution in [-0.2, 0) is 11.3 Å². The lowest BCUT2D eigenvalue weighted by Gasteiger charge is -2.15. The SMILES string of the molecule is NNC(=O)C(Cn1ccc(C(N)=O)n1)c1ccccc1. The summed E-state index contributed by atoms with van der Waals surface area (Å²) in [4.78, 5) is 22.9. The van der Waals surface area contributed by atoms with Gasteiger partial charge in [-0.25, -0.2) is 5.84 Å². The average molecular weight is 273 g/mol. The van der Waals surface area contributed by atoms with Crippen molar-refractivity contribution in [2.75, 3.05) is 0 Å². The molecule has 1 atom stereocenters. The third-order valence-electron chi connectivity index (χ3n) is 2.92. The van der Waals surface area contributed by atoms with Gasteiger partial charge in [-0.1, -0.05) is 30.3 Å². The number of benzene rings is 1. The van der Waals surface area contributed by atoms with Crippen LogP contribution in [-0.4, -0.2) is 21.6 Å². The van der Waals surface area contributed by atoms with Crippen molar-refractivity contribution in [2.24, 2.45) is 11.6 Å². The van der Waals surface area contributed by atoms with Crippen molar-refractivity contribution >= 4 is 11.8 Å². The second-order valence-corrected chi connectivity index (χ2v) is 4.26. The van der Waals surface area contributed by atoms with E-state index in [0.29, 0.717) is 0 Å². The fourth-order valence-corrected chi connectivity index (χ4v) is 1.91. The Balaban J connectivity index is 2.24. The first-order chi connectivity index (χ1) is 9.61. The first-order valence-electron chi connectivity index (χ1n) is 6.00. The van der Waals surface area contributed by atoms with Crippen molar-refractivity contribution in [1.82, 2.24) is 15.2 Å². The summed E-state index contributed by atoms with van der Waals surface area (Å²) in [6, 6.07) is 10.7. The van der Waals surface area contributed by atoms with Crippen LogP contribution in [0.25, 0.3) is 0 Å². The highest BCUT2D eigenvalue weighted by Gasteiger charge is 2.21. The van der Waals surface area contributed by atoms with Crippen molar-refractivity contribution in [3.63, 3.8) is 0 Å². The molecular formula is C13H15N5O2. The third-order valence-corrected chi connectivity index (χ3v) is 2.92. The van der Waals surface area contributed by atoms with Crippen LogP contribution < -0.4 is 17.0 Å². The minimum atomic E-state index is -0.608. The molecule has 0 fully saturated rings. The van der Waals surface area contributed by atoms with E-state index in [9.17, 15) is 9.59 Å². The molecule has 104 valence electrons. The number of carbonyl (C=O) groups is 2. The number of aromatic nitrogens is 2. The molecule has 0 aliphatic rings. The van der Waals surface area contributed by atoms with Gasteiger partial charge in [0.1, 0.15) is 5.69 Å². The lowest BCUT2D eigenvalue weighted by molar-refractivity contribution is -0.123. The largest absolute Gasteiger partial charge is 0.364 e. The predicted octanol–water partition coefficient (Wildman–Crippen LogP) is -0.244. The van der Waals surface area contributed by atoms with E-state index < -0.39 is 11.8 Å². The van der Waals surface area contributed by atoms with Gasteiger partial charge in [-0.2, -0.15) is 5.10 Å². The van der Waals surface area contributed by atoms with Crippen LogP contribution in [0.3, 0.4) is 0 Å². The van der Waals surface area contributed by atoms with E-state index in [1.807, 2.05) is 30.3 Å². The second kappa shape index (κ2) is 5.98. The maximum Gasteiger partial charge on any atom is 0.269 e. The number of amides is 2. The summed E-state index contributed by atoms with van der Waals surface area (Å²) in [5.41, 5.74) is 8.25. The summed E-state index contributed by atoms with van der Waals surface area (Å²) in [6.07, 6.45) is 1.60. The lowest BCUT2D eigenvalue weighted by Crippen LogP contribution is -2.36. The monoisotopic (exact) mass is 273 g/mol. The number of hydrogen-bond donors (Lipinski definition) is 3. The van der Waals surface area contributed by atoms with Gasteiger partial charge in [0.25, 0.3) is 5.91 Å². The molecule has 7 nitrogen and oxygen atoms in total. The van der Waals surface area contributed by atoms with Crippen molar-refractivity contribution in [2.45, 2.75) is 12.5 Å². The van der Waals surface area contributed by atoms with Crippen LogP contribution in [0.4, 0.5) is 0 Å². The van der Waals surface area contributed by atoms with E-state index >= 15 is 0 Å². The Labute approximate surface area is 115 Å². The Bertz CT molecular complexity index is 608. The van der Waals surface area contributed by atoms with Gasteiger partial charge in [0.15, 0.2) is 0 Å². The molecule has 1 unspecified atom stereocenters. The quantitative estimate of drug-likeness (QED) is 0.396. The molecule has 0 saturated heterocycles. The number of rotatable bonds is 5. The van der Waals surface area contributed by atoms with Crippen LogP contribution in [0, 0.1) is 0 Å². The van der Waals surface area contributed by atoms with E-state index in [4.69, 9.17) is 11.6 Å². The summed E-state index contributed by atoms with van der Waals surface area (Å²) < 4.78 is 1.49. The van der Waals surface area contributed by atoms with Crippen LogP contribution in [0.15, 0.2) is 42.6 Å². The zero-order chi connectivity index (χ0) is 14.5. The van der Waals surface area contributed by atoms with Gasteiger partial charge in [-0.3, -0.25) is 19.7 Å². The van der Waals surface area contributed by atoms with Crippen molar-refractivity contribution < 1.29 is 9.59 Å². The van der Waals surface area contributed by atoms with Crippen LogP contribution >= 0.6 is 0 Å². The molecule has 2 aromatic rings. The second-order valence-electron chi connectivity index (χ2n) is 4.26. The standard InChI is InChI=1S/C13H15N5O2/c14-12(19)11-6-7-18(17-11)8-10(13(20)16-15)9-4-2-1-3-5-9/h1-7,10H,8,15H2,(H2,14,19)(H,16,20). The van der Waals surface area contributed by atoms with Crippen LogP contribution in [0.5, 0.6) is 0 Å². The Morgan fingerprint density at radius 3 is 2.50 bits per heavy atom. The Morgan fingerprint density at radius 1 is 1.25 bits per heavy atom. The molecule has 0 spiro atoms. The van der Waals surface area contributed by atoms with Gasteiger partial charge in [-0.15, -0.1) is 0 Å². The molecular weight excluding hydrogens is 258 g/mol. The zero-order valence-electron chi connectivity index (χ0n) is 10.7. The molecule has 1 aromatic heterocycles. The molecule has 0 aliphatic carbocycles. The highest BCUT2D eigenvalue weighted by Crippen LogP contribution is 2.17. The number of nitrogens with two attached hydrogens (primary N) is 2. The summed E-state index contributed by atoms with van der Waals surface area (Å²) in [7, 11) is 0. The Morgan fingerprint density at radius 2 is 1.95 bits per heavy atom. The molecule has 7 heteroatoms. The highest BCUT2D eigenvalue weighted by atomic mass is 16.2. The van der Waals surface area contributed by atoms with Gasteiger partial charge >= 0.3 is 0 Å². The summed E-state index contributed by atoms with van der Waals surface area (Å²) in [6.45, 7) is 0.264. The molecule has 2 rings (SSSR count). The van der Waals surface area contributed by atoms with Gasteiger partial charge in [0, 0.05) is 6.20 Å². The molecule has 1 aromatic carbocycles. The molecule has 20 heavy (non-hydrogen) atoms. The fraction of sp³-hybridized carbons (Fsp3) is 0.154. The van der Waals surface area contributed by atoms with E-state index in [1.54, 1.807) is 6.20 Å². The molecule has 0 bridgehead atoms. The van der Waals surface area contributed by atoms with Crippen molar-refractivity contribution in [3.8, 4) is 0 Å². The molecule has 0 aliphatic heterocycles. The molecule has 0 radical (unpaired) electrons. The average Bonchev–Trinajstić information content (AvgIpc) is 2.94. The Kier molecular flexibility index (Phi) is 4.11. The highest BCUT2D eigenvalue weighted by molar-refractivity contribution is 5.90. The summed E-state index contributed by atoms with van der Waals surface area (Å²) in [5, 5.41) is 4.01. The number of nitrogens with zero attached hydrogens (tertiary/aromatic N) is 2. The number of hydrogen-bond acceptors (Lipinski definition) is 4. The van der Waals surface area contributed by atoms with Gasteiger partial charge in [0.2, 0.25) is 5.91 Å². The Hall–Kier alpha value is -2.67. The summed E-state index contributed by atoms with van der Waals surface area (Å²) in [5.74, 6) is 3.78. The molecule has 5 N–H and O–H groups in total.